The quantitative estimate of drug-likeness (QED) is 0.884. The van der Waals surface area contributed by atoms with Gasteiger partial charge in [0, 0.05) is 43.5 Å². The second-order valence-electron chi connectivity index (χ2n) is 6.58. The van der Waals surface area contributed by atoms with Crippen LogP contribution in [0.2, 0.25) is 0 Å². The van der Waals surface area contributed by atoms with Gasteiger partial charge in [-0.1, -0.05) is 0 Å². The fourth-order valence-electron chi connectivity index (χ4n) is 3.70. The number of carbonyl (C=O) groups is 1. The highest BCUT2D eigenvalue weighted by Gasteiger charge is 2.53. The van der Waals surface area contributed by atoms with Crippen LogP contribution in [0.25, 0.3) is 0 Å². The molecule has 7 heteroatoms. The zero-order valence-corrected chi connectivity index (χ0v) is 14.0. The van der Waals surface area contributed by atoms with Crippen molar-refractivity contribution in [1.29, 1.82) is 0 Å². The highest BCUT2D eigenvalue weighted by molar-refractivity contribution is 5.93. The van der Waals surface area contributed by atoms with Gasteiger partial charge in [-0.05, 0) is 37.0 Å². The molecule has 1 spiro atoms. The molecule has 2 aromatic heterocycles. The molecule has 1 N–H and O–H groups in total. The van der Waals surface area contributed by atoms with Gasteiger partial charge in [0.2, 0.25) is 5.95 Å². The normalized spacial score (nSPS) is 21.1. The molecule has 0 bridgehead atoms. The molecular weight excluding hydrogens is 318 g/mol. The molecule has 0 radical (unpaired) electrons. The number of pyridine rings is 1. The topological polar surface area (TPSA) is 80.2 Å². The third-order valence-corrected chi connectivity index (χ3v) is 5.07. The highest BCUT2D eigenvalue weighted by Crippen LogP contribution is 2.42. The maximum Gasteiger partial charge on any atom is 0.251 e. The second-order valence-corrected chi connectivity index (χ2v) is 6.58. The van der Waals surface area contributed by atoms with E-state index in [1.165, 1.54) is 0 Å². The number of hydrogen-bond donors (Lipinski definition) is 1. The lowest BCUT2D eigenvalue weighted by atomic mass is 9.79. The minimum Gasteiger partial charge on any atom is -0.371 e. The monoisotopic (exact) mass is 339 g/mol. The maximum absolute atomic E-state index is 12.1. The van der Waals surface area contributed by atoms with E-state index in [0.717, 1.165) is 38.5 Å². The average molecular weight is 339 g/mol. The third-order valence-electron chi connectivity index (χ3n) is 5.07. The van der Waals surface area contributed by atoms with Crippen molar-refractivity contribution in [2.24, 2.45) is 5.92 Å². The molecule has 4 rings (SSSR count). The van der Waals surface area contributed by atoms with Gasteiger partial charge in [-0.25, -0.2) is 9.97 Å². The van der Waals surface area contributed by atoms with Crippen LogP contribution < -0.4 is 10.2 Å². The summed E-state index contributed by atoms with van der Waals surface area (Å²) in [5.74, 6) is 1.15. The number of anilines is 1. The Kier molecular flexibility index (Phi) is 4.31. The minimum atomic E-state index is -0.111. The number of amides is 1. The van der Waals surface area contributed by atoms with Crippen molar-refractivity contribution >= 4 is 11.9 Å². The van der Waals surface area contributed by atoms with Gasteiger partial charge in [0.05, 0.1) is 13.1 Å². The van der Waals surface area contributed by atoms with Crippen molar-refractivity contribution in [1.82, 2.24) is 20.3 Å². The van der Waals surface area contributed by atoms with Crippen molar-refractivity contribution in [2.75, 3.05) is 31.1 Å². The second kappa shape index (κ2) is 6.76. The molecule has 1 amide bonds. The van der Waals surface area contributed by atoms with Gasteiger partial charge in [0.25, 0.3) is 5.91 Å². The maximum atomic E-state index is 12.1. The van der Waals surface area contributed by atoms with E-state index in [2.05, 4.69) is 25.2 Å². The number of carbonyl (C=O) groups excluding carboxylic acids is 1. The molecule has 25 heavy (non-hydrogen) atoms. The van der Waals surface area contributed by atoms with E-state index in [0.29, 0.717) is 18.0 Å². The third kappa shape index (κ3) is 3.19. The summed E-state index contributed by atoms with van der Waals surface area (Å²) in [4.78, 5) is 26.8. The molecule has 7 nitrogen and oxygen atoms in total. The van der Waals surface area contributed by atoms with Crippen molar-refractivity contribution in [3.63, 3.8) is 0 Å². The lowest BCUT2D eigenvalue weighted by Gasteiger charge is -2.50. The van der Waals surface area contributed by atoms with E-state index >= 15 is 0 Å². The summed E-state index contributed by atoms with van der Waals surface area (Å²) in [5.41, 5.74) is 0.532. The molecule has 130 valence electrons. The van der Waals surface area contributed by atoms with Crippen LogP contribution in [0.3, 0.4) is 0 Å². The van der Waals surface area contributed by atoms with E-state index in [9.17, 15) is 4.79 Å². The average Bonchev–Trinajstić information content (AvgIpc) is 3.06. The van der Waals surface area contributed by atoms with Crippen molar-refractivity contribution < 1.29 is 9.53 Å². The Labute approximate surface area is 146 Å². The molecule has 2 aliphatic rings. The van der Waals surface area contributed by atoms with Gasteiger partial charge >= 0.3 is 0 Å². The van der Waals surface area contributed by atoms with Crippen LogP contribution in [0.15, 0.2) is 43.0 Å². The Morgan fingerprint density at radius 1 is 1.24 bits per heavy atom. The number of aromatic nitrogens is 3. The Hall–Kier alpha value is -2.54. The van der Waals surface area contributed by atoms with Crippen LogP contribution in [-0.4, -0.2) is 52.7 Å². The van der Waals surface area contributed by atoms with Gasteiger partial charge in [-0.3, -0.25) is 9.78 Å². The molecule has 0 aromatic carbocycles. The number of ether oxygens (including phenoxy) is 1. The van der Waals surface area contributed by atoms with E-state index in [-0.39, 0.29) is 11.5 Å². The molecule has 2 saturated heterocycles. The first kappa shape index (κ1) is 16.0. The highest BCUT2D eigenvalue weighted by atomic mass is 16.5. The van der Waals surface area contributed by atoms with Gasteiger partial charge < -0.3 is 15.0 Å². The van der Waals surface area contributed by atoms with Gasteiger partial charge in [0.15, 0.2) is 0 Å². The fourth-order valence-corrected chi connectivity index (χ4v) is 3.70. The smallest absolute Gasteiger partial charge is 0.251 e. The summed E-state index contributed by atoms with van der Waals surface area (Å²) in [7, 11) is 0. The fraction of sp³-hybridized carbons (Fsp3) is 0.444. The molecule has 2 aliphatic heterocycles. The summed E-state index contributed by atoms with van der Waals surface area (Å²) >= 11 is 0. The first-order valence-electron chi connectivity index (χ1n) is 8.61. The predicted octanol–water partition coefficient (Wildman–Crippen LogP) is 1.29. The Bertz CT molecular complexity index is 719. The molecule has 1 atom stereocenters. The van der Waals surface area contributed by atoms with Crippen LogP contribution in [0, 0.1) is 5.92 Å². The molecule has 2 aromatic rings. The van der Waals surface area contributed by atoms with Crippen LogP contribution in [0.5, 0.6) is 0 Å². The summed E-state index contributed by atoms with van der Waals surface area (Å²) in [6.07, 6.45) is 8.73. The zero-order chi connectivity index (χ0) is 17.1. The summed E-state index contributed by atoms with van der Waals surface area (Å²) < 4.78 is 6.06. The van der Waals surface area contributed by atoms with Crippen LogP contribution in [0.1, 0.15) is 23.2 Å². The summed E-state index contributed by atoms with van der Waals surface area (Å²) in [6.45, 7) is 3.07. The van der Waals surface area contributed by atoms with E-state index in [1.807, 2.05) is 6.07 Å². The molecule has 0 aliphatic carbocycles. The Morgan fingerprint density at radius 3 is 2.76 bits per heavy atom. The van der Waals surface area contributed by atoms with Gasteiger partial charge in [-0.15, -0.1) is 0 Å². The lowest BCUT2D eigenvalue weighted by molar-refractivity contribution is -0.0459. The summed E-state index contributed by atoms with van der Waals surface area (Å²) in [6, 6.07) is 5.26. The van der Waals surface area contributed by atoms with Gasteiger partial charge in [0.1, 0.15) is 5.60 Å². The van der Waals surface area contributed by atoms with Crippen molar-refractivity contribution in [3.05, 3.63) is 48.5 Å². The molecule has 2 fully saturated rings. The largest absolute Gasteiger partial charge is 0.371 e. The minimum absolute atomic E-state index is 0.0525. The van der Waals surface area contributed by atoms with E-state index in [4.69, 9.17) is 4.74 Å². The molecular formula is C18H21N5O2. The zero-order valence-electron chi connectivity index (χ0n) is 14.0. The van der Waals surface area contributed by atoms with E-state index in [1.54, 1.807) is 36.9 Å². The number of nitrogens with one attached hydrogen (secondary N) is 1. The summed E-state index contributed by atoms with van der Waals surface area (Å²) in [5, 5.41) is 2.99. The Morgan fingerprint density at radius 2 is 2.00 bits per heavy atom. The SMILES string of the molecule is O=C(NCC[C@H]1CCOC12CN(c1ncccn1)C2)c1ccncc1. The van der Waals surface area contributed by atoms with Crippen LogP contribution in [0.4, 0.5) is 5.95 Å². The van der Waals surface area contributed by atoms with E-state index < -0.39 is 0 Å². The molecule has 0 saturated carbocycles. The number of nitrogens with zero attached hydrogens (tertiary/aromatic N) is 4. The standard InChI is InChI=1S/C18H21N5O2/c24-16(14-2-8-19-9-3-14)20-10-4-15-5-11-25-18(15)12-23(13-18)17-21-6-1-7-22-17/h1-3,6-9,15H,4-5,10-13H2,(H,20,24)/t15-/m0/s1. The van der Waals surface area contributed by atoms with Gasteiger partial charge in [-0.2, -0.15) is 0 Å². The number of hydrogen-bond acceptors (Lipinski definition) is 6. The van der Waals surface area contributed by atoms with Crippen molar-refractivity contribution in [3.8, 4) is 0 Å². The lowest BCUT2D eigenvalue weighted by Crippen LogP contribution is -2.65. The van der Waals surface area contributed by atoms with Crippen LogP contribution in [-0.2, 0) is 4.74 Å². The number of rotatable bonds is 5. The first-order valence-corrected chi connectivity index (χ1v) is 8.61. The van der Waals surface area contributed by atoms with Crippen molar-refractivity contribution in [2.45, 2.75) is 18.4 Å². The predicted molar refractivity (Wildman–Crippen MR) is 92.2 cm³/mol. The molecule has 0 unspecified atom stereocenters. The van der Waals surface area contributed by atoms with Crippen LogP contribution >= 0.6 is 0 Å². The molecule has 4 heterocycles. The first-order chi connectivity index (χ1) is 12.3. The Balaban J connectivity index is 1.29.